The standard InChI is InChI=1S/C23H30N4O/c1-15(2)25-23(28)17-9-10-24-21(11-17)27-13-18-12-26(4)22(20(18)14-27)19-8-6-5-7-16(19)3/h5-11,15,18,20,22H,12-14H2,1-4H3,(H,25,28)/t18-,20+,22-/m0/s1. The predicted octanol–water partition coefficient (Wildman–Crippen LogP) is 3.27. The van der Waals surface area contributed by atoms with Gasteiger partial charge in [0, 0.05) is 49.4 Å². The number of aryl methyl sites for hydroxylation is 1. The number of amides is 1. The van der Waals surface area contributed by atoms with Crippen LogP contribution in [0.25, 0.3) is 0 Å². The molecule has 1 N–H and O–H groups in total. The van der Waals surface area contributed by atoms with Gasteiger partial charge in [-0.05, 0) is 57.0 Å². The van der Waals surface area contributed by atoms with Crippen molar-refractivity contribution in [3.8, 4) is 0 Å². The van der Waals surface area contributed by atoms with Gasteiger partial charge in [-0.2, -0.15) is 0 Å². The van der Waals surface area contributed by atoms with Gasteiger partial charge in [0.1, 0.15) is 5.82 Å². The molecule has 0 aliphatic carbocycles. The number of hydrogen-bond donors (Lipinski definition) is 1. The third kappa shape index (κ3) is 3.51. The third-order valence-electron chi connectivity index (χ3n) is 6.15. The van der Waals surface area contributed by atoms with Crippen LogP contribution in [0, 0.1) is 18.8 Å². The average Bonchev–Trinajstić information content (AvgIpc) is 3.19. The fourth-order valence-electron chi connectivity index (χ4n) is 4.91. The Morgan fingerprint density at radius 3 is 2.71 bits per heavy atom. The second kappa shape index (κ2) is 7.55. The number of nitrogens with one attached hydrogen (secondary N) is 1. The van der Waals surface area contributed by atoms with Gasteiger partial charge in [-0.1, -0.05) is 24.3 Å². The molecule has 1 aromatic heterocycles. The van der Waals surface area contributed by atoms with Gasteiger partial charge in [-0.25, -0.2) is 4.98 Å². The van der Waals surface area contributed by atoms with Crippen molar-refractivity contribution in [3.05, 3.63) is 59.3 Å². The van der Waals surface area contributed by atoms with Crippen molar-refractivity contribution in [2.24, 2.45) is 11.8 Å². The van der Waals surface area contributed by atoms with Gasteiger partial charge >= 0.3 is 0 Å². The minimum atomic E-state index is -0.0319. The lowest BCUT2D eigenvalue weighted by molar-refractivity contribution is 0.0943. The molecule has 2 aliphatic rings. The van der Waals surface area contributed by atoms with E-state index in [1.165, 1.54) is 11.1 Å². The molecule has 0 saturated carbocycles. The molecule has 2 aromatic rings. The Kier molecular flexibility index (Phi) is 5.11. The van der Waals surface area contributed by atoms with E-state index in [1.54, 1.807) is 12.3 Å². The van der Waals surface area contributed by atoms with Gasteiger partial charge in [-0.3, -0.25) is 9.69 Å². The van der Waals surface area contributed by atoms with Crippen molar-refractivity contribution in [1.29, 1.82) is 0 Å². The van der Waals surface area contributed by atoms with Crippen LogP contribution in [-0.2, 0) is 0 Å². The Morgan fingerprint density at radius 1 is 1.18 bits per heavy atom. The highest BCUT2D eigenvalue weighted by Crippen LogP contribution is 2.45. The maximum absolute atomic E-state index is 12.4. The third-order valence-corrected chi connectivity index (χ3v) is 6.15. The van der Waals surface area contributed by atoms with Crippen LogP contribution in [0.1, 0.15) is 41.4 Å². The lowest BCUT2D eigenvalue weighted by Gasteiger charge is -2.28. The molecular weight excluding hydrogens is 348 g/mol. The maximum Gasteiger partial charge on any atom is 0.251 e. The summed E-state index contributed by atoms with van der Waals surface area (Å²) in [5.41, 5.74) is 3.49. The molecule has 0 spiro atoms. The van der Waals surface area contributed by atoms with Gasteiger partial charge in [-0.15, -0.1) is 0 Å². The van der Waals surface area contributed by atoms with E-state index in [2.05, 4.69) is 58.3 Å². The van der Waals surface area contributed by atoms with Crippen molar-refractivity contribution in [2.45, 2.75) is 32.9 Å². The van der Waals surface area contributed by atoms with Crippen molar-refractivity contribution < 1.29 is 4.79 Å². The monoisotopic (exact) mass is 378 g/mol. The molecule has 28 heavy (non-hydrogen) atoms. The van der Waals surface area contributed by atoms with Crippen LogP contribution in [0.2, 0.25) is 0 Å². The Bertz CT molecular complexity index is 865. The highest BCUT2D eigenvalue weighted by atomic mass is 16.1. The summed E-state index contributed by atoms with van der Waals surface area (Å²) in [5, 5.41) is 2.97. The number of pyridine rings is 1. The van der Waals surface area contributed by atoms with Crippen molar-refractivity contribution in [3.63, 3.8) is 0 Å². The number of carbonyl (C=O) groups excluding carboxylic acids is 1. The smallest absolute Gasteiger partial charge is 0.251 e. The fourth-order valence-corrected chi connectivity index (χ4v) is 4.91. The number of carbonyl (C=O) groups is 1. The molecule has 148 valence electrons. The minimum absolute atomic E-state index is 0.0319. The number of anilines is 1. The number of aromatic nitrogens is 1. The van der Waals surface area contributed by atoms with E-state index in [0.717, 1.165) is 25.5 Å². The number of likely N-dealkylation sites (tertiary alicyclic amines) is 1. The van der Waals surface area contributed by atoms with E-state index < -0.39 is 0 Å². The highest BCUT2D eigenvalue weighted by molar-refractivity contribution is 5.95. The fraction of sp³-hybridized carbons (Fsp3) is 0.478. The largest absolute Gasteiger partial charge is 0.356 e. The van der Waals surface area contributed by atoms with Gasteiger partial charge in [0.25, 0.3) is 5.91 Å². The summed E-state index contributed by atoms with van der Waals surface area (Å²) < 4.78 is 0. The second-order valence-electron chi connectivity index (χ2n) is 8.60. The molecule has 0 unspecified atom stereocenters. The van der Waals surface area contributed by atoms with Crippen LogP contribution in [0.15, 0.2) is 42.6 Å². The van der Waals surface area contributed by atoms with Crippen LogP contribution >= 0.6 is 0 Å². The van der Waals surface area contributed by atoms with Gasteiger partial charge in [0.15, 0.2) is 0 Å². The second-order valence-corrected chi connectivity index (χ2v) is 8.60. The number of nitrogens with zero attached hydrogens (tertiary/aromatic N) is 3. The highest BCUT2D eigenvalue weighted by Gasteiger charge is 2.46. The topological polar surface area (TPSA) is 48.5 Å². The molecule has 5 heteroatoms. The lowest BCUT2D eigenvalue weighted by atomic mass is 9.88. The molecule has 2 aliphatic heterocycles. The summed E-state index contributed by atoms with van der Waals surface area (Å²) in [6.07, 6.45) is 1.75. The Balaban J connectivity index is 1.55. The number of benzene rings is 1. The van der Waals surface area contributed by atoms with E-state index in [-0.39, 0.29) is 11.9 Å². The van der Waals surface area contributed by atoms with E-state index in [9.17, 15) is 4.79 Å². The average molecular weight is 379 g/mol. The zero-order valence-corrected chi connectivity index (χ0v) is 17.2. The quantitative estimate of drug-likeness (QED) is 0.887. The molecule has 0 radical (unpaired) electrons. The number of rotatable bonds is 4. The Labute approximate surface area is 167 Å². The summed E-state index contributed by atoms with van der Waals surface area (Å²) in [5.74, 6) is 2.10. The van der Waals surface area contributed by atoms with Crippen molar-refractivity contribution in [2.75, 3.05) is 31.6 Å². The van der Waals surface area contributed by atoms with E-state index >= 15 is 0 Å². The van der Waals surface area contributed by atoms with Crippen LogP contribution in [0.5, 0.6) is 0 Å². The molecule has 1 amide bonds. The minimum Gasteiger partial charge on any atom is -0.356 e. The zero-order chi connectivity index (χ0) is 19.8. The van der Waals surface area contributed by atoms with Crippen LogP contribution < -0.4 is 10.2 Å². The van der Waals surface area contributed by atoms with E-state index in [4.69, 9.17) is 0 Å². The molecule has 0 bridgehead atoms. The summed E-state index contributed by atoms with van der Waals surface area (Å²) in [7, 11) is 2.24. The molecule has 3 heterocycles. The lowest BCUT2D eigenvalue weighted by Crippen LogP contribution is -2.31. The summed E-state index contributed by atoms with van der Waals surface area (Å²) in [6, 6.07) is 13.0. The van der Waals surface area contributed by atoms with E-state index in [0.29, 0.717) is 23.4 Å². The van der Waals surface area contributed by atoms with Crippen LogP contribution in [-0.4, -0.2) is 48.5 Å². The molecular formula is C23H30N4O. The normalized spacial score (nSPS) is 24.6. The number of hydrogen-bond acceptors (Lipinski definition) is 4. The van der Waals surface area contributed by atoms with Crippen molar-refractivity contribution in [1.82, 2.24) is 15.2 Å². The van der Waals surface area contributed by atoms with Gasteiger partial charge < -0.3 is 10.2 Å². The first kappa shape index (κ1) is 18.9. The van der Waals surface area contributed by atoms with E-state index in [1.807, 2.05) is 19.9 Å². The zero-order valence-electron chi connectivity index (χ0n) is 17.2. The SMILES string of the molecule is Cc1ccccc1[C@H]1[C@@H]2CN(c3cc(C(=O)NC(C)C)ccn3)C[C@@H]2CN1C. The Hall–Kier alpha value is -2.40. The summed E-state index contributed by atoms with van der Waals surface area (Å²) in [4.78, 5) is 21.8. The van der Waals surface area contributed by atoms with Crippen LogP contribution in [0.4, 0.5) is 5.82 Å². The molecule has 5 nitrogen and oxygen atoms in total. The maximum atomic E-state index is 12.4. The summed E-state index contributed by atoms with van der Waals surface area (Å²) >= 11 is 0. The first-order chi connectivity index (χ1) is 13.4. The van der Waals surface area contributed by atoms with Crippen LogP contribution in [0.3, 0.4) is 0 Å². The van der Waals surface area contributed by atoms with Crippen molar-refractivity contribution >= 4 is 11.7 Å². The number of fused-ring (bicyclic) bond motifs is 1. The summed E-state index contributed by atoms with van der Waals surface area (Å²) in [6.45, 7) is 9.25. The molecule has 4 rings (SSSR count). The van der Waals surface area contributed by atoms with Gasteiger partial charge in [0.05, 0.1) is 0 Å². The first-order valence-corrected chi connectivity index (χ1v) is 10.2. The first-order valence-electron chi connectivity index (χ1n) is 10.2. The molecule has 1 aromatic carbocycles. The Morgan fingerprint density at radius 2 is 1.96 bits per heavy atom. The predicted molar refractivity (Wildman–Crippen MR) is 113 cm³/mol. The molecule has 2 fully saturated rings. The molecule has 2 saturated heterocycles. The molecule has 3 atom stereocenters. The van der Waals surface area contributed by atoms with Gasteiger partial charge in [0.2, 0.25) is 0 Å².